The second-order valence-electron chi connectivity index (χ2n) is 8.81. The van der Waals surface area contributed by atoms with E-state index in [1.807, 2.05) is 12.1 Å². The molecule has 2 atom stereocenters. The largest absolute Gasteiger partial charge is 0.478 e. The SMILES string of the molecule is C[C@@H]1CN(Cc2cc(F)c(C(=O)O)cc2C2CC2)CCN1[C@H](C)c1cc(Cl)cc(Cl)c1. The average Bonchev–Trinajstić information content (AvgIpc) is 3.52. The number of carbonyl (C=O) groups is 1. The molecule has 1 aliphatic carbocycles. The number of halogens is 3. The lowest BCUT2D eigenvalue weighted by Crippen LogP contribution is -2.52. The summed E-state index contributed by atoms with van der Waals surface area (Å²) in [4.78, 5) is 16.1. The molecule has 2 aliphatic rings. The molecule has 166 valence electrons. The van der Waals surface area contributed by atoms with Gasteiger partial charge in [-0.15, -0.1) is 0 Å². The van der Waals surface area contributed by atoms with Gasteiger partial charge in [-0.3, -0.25) is 9.80 Å². The zero-order valence-electron chi connectivity index (χ0n) is 17.7. The van der Waals surface area contributed by atoms with E-state index >= 15 is 0 Å². The molecule has 1 saturated carbocycles. The summed E-state index contributed by atoms with van der Waals surface area (Å²) in [6.07, 6.45) is 2.09. The number of aromatic carboxylic acids is 1. The van der Waals surface area contributed by atoms with Gasteiger partial charge in [0.1, 0.15) is 5.82 Å². The number of piperazine rings is 1. The van der Waals surface area contributed by atoms with Crippen LogP contribution in [-0.4, -0.2) is 46.6 Å². The standard InChI is InChI=1S/C24H27Cl2FN2O2/c1-14-12-28(5-6-29(14)15(2)17-7-19(25)10-20(26)8-17)13-18-9-23(27)22(24(30)31)11-21(18)16-3-4-16/h7-11,14-16H,3-6,12-13H2,1-2H3,(H,30,31)/t14-,15-/m1/s1. The van der Waals surface area contributed by atoms with Crippen molar-refractivity contribution >= 4 is 29.2 Å². The molecule has 1 aliphatic heterocycles. The van der Waals surface area contributed by atoms with Crippen LogP contribution < -0.4 is 0 Å². The van der Waals surface area contributed by atoms with Crippen molar-refractivity contribution in [2.45, 2.75) is 51.2 Å². The molecule has 1 N–H and O–H groups in total. The van der Waals surface area contributed by atoms with Crippen LogP contribution in [0.15, 0.2) is 30.3 Å². The lowest BCUT2D eigenvalue weighted by Gasteiger charge is -2.43. The van der Waals surface area contributed by atoms with E-state index in [2.05, 4.69) is 23.6 Å². The number of benzene rings is 2. The van der Waals surface area contributed by atoms with Crippen molar-refractivity contribution in [3.05, 3.63) is 68.4 Å². The van der Waals surface area contributed by atoms with Crippen molar-refractivity contribution < 1.29 is 14.3 Å². The average molecular weight is 465 g/mol. The maximum atomic E-state index is 14.4. The molecule has 0 spiro atoms. The van der Waals surface area contributed by atoms with Crippen LogP contribution in [0.3, 0.4) is 0 Å². The Hall–Kier alpha value is -1.66. The van der Waals surface area contributed by atoms with E-state index < -0.39 is 11.8 Å². The number of hydrogen-bond donors (Lipinski definition) is 1. The smallest absolute Gasteiger partial charge is 0.338 e. The number of carboxylic acids is 1. The van der Waals surface area contributed by atoms with E-state index in [1.165, 1.54) is 6.07 Å². The van der Waals surface area contributed by atoms with E-state index in [4.69, 9.17) is 23.2 Å². The van der Waals surface area contributed by atoms with E-state index in [-0.39, 0.29) is 11.6 Å². The van der Waals surface area contributed by atoms with Crippen LogP contribution in [0.5, 0.6) is 0 Å². The highest BCUT2D eigenvalue weighted by atomic mass is 35.5. The van der Waals surface area contributed by atoms with Gasteiger partial charge in [0.05, 0.1) is 5.56 Å². The predicted molar refractivity (Wildman–Crippen MR) is 122 cm³/mol. The van der Waals surface area contributed by atoms with E-state index in [0.717, 1.165) is 49.2 Å². The maximum absolute atomic E-state index is 14.4. The van der Waals surface area contributed by atoms with Gasteiger partial charge in [-0.05, 0) is 79.6 Å². The molecule has 1 heterocycles. The number of rotatable bonds is 6. The number of carboxylic acid groups (broad SMARTS) is 1. The Bertz CT molecular complexity index is 976. The van der Waals surface area contributed by atoms with Crippen LogP contribution in [0.1, 0.15) is 65.7 Å². The molecule has 4 rings (SSSR count). The van der Waals surface area contributed by atoms with Gasteiger partial charge in [0.15, 0.2) is 0 Å². The molecular weight excluding hydrogens is 438 g/mol. The predicted octanol–water partition coefficient (Wildman–Crippen LogP) is 5.98. The fourth-order valence-corrected chi connectivity index (χ4v) is 5.26. The van der Waals surface area contributed by atoms with E-state index in [9.17, 15) is 14.3 Å². The van der Waals surface area contributed by atoms with Crippen molar-refractivity contribution in [2.24, 2.45) is 0 Å². The van der Waals surface area contributed by atoms with E-state index in [1.54, 1.807) is 12.1 Å². The highest BCUT2D eigenvalue weighted by Crippen LogP contribution is 2.43. The van der Waals surface area contributed by atoms with Gasteiger partial charge in [0.2, 0.25) is 0 Å². The molecular formula is C24H27Cl2FN2O2. The highest BCUT2D eigenvalue weighted by Gasteiger charge is 2.31. The Balaban J connectivity index is 1.47. The molecule has 31 heavy (non-hydrogen) atoms. The molecule has 0 amide bonds. The molecule has 7 heteroatoms. The Kier molecular flexibility index (Phi) is 6.59. The van der Waals surface area contributed by atoms with Crippen LogP contribution in [0.25, 0.3) is 0 Å². The minimum absolute atomic E-state index is 0.183. The van der Waals surface area contributed by atoms with Crippen LogP contribution >= 0.6 is 23.2 Å². The summed E-state index contributed by atoms with van der Waals surface area (Å²) in [5.74, 6) is -1.49. The van der Waals surface area contributed by atoms with Gasteiger partial charge in [0.25, 0.3) is 0 Å². The quantitative estimate of drug-likeness (QED) is 0.571. The molecule has 2 fully saturated rings. The van der Waals surface area contributed by atoms with Gasteiger partial charge in [-0.25, -0.2) is 9.18 Å². The summed E-state index contributed by atoms with van der Waals surface area (Å²) in [5.41, 5.74) is 2.79. The lowest BCUT2D eigenvalue weighted by atomic mass is 9.98. The van der Waals surface area contributed by atoms with Crippen LogP contribution in [0.4, 0.5) is 4.39 Å². The molecule has 1 saturated heterocycles. The van der Waals surface area contributed by atoms with Crippen molar-refractivity contribution in [2.75, 3.05) is 19.6 Å². The monoisotopic (exact) mass is 464 g/mol. The van der Waals surface area contributed by atoms with E-state index in [0.29, 0.717) is 28.5 Å². The van der Waals surface area contributed by atoms with Crippen LogP contribution in [-0.2, 0) is 6.54 Å². The third-order valence-corrected chi connectivity index (χ3v) is 6.93. The Morgan fingerprint density at radius 1 is 1.16 bits per heavy atom. The Morgan fingerprint density at radius 2 is 1.84 bits per heavy atom. The Labute approximate surface area is 192 Å². The summed E-state index contributed by atoms with van der Waals surface area (Å²) in [7, 11) is 0. The minimum Gasteiger partial charge on any atom is -0.478 e. The van der Waals surface area contributed by atoms with Gasteiger partial charge >= 0.3 is 5.97 Å². The summed E-state index contributed by atoms with van der Waals surface area (Å²) in [5, 5.41) is 10.6. The molecule has 2 aromatic carbocycles. The van der Waals surface area contributed by atoms with Crippen molar-refractivity contribution in [3.8, 4) is 0 Å². The molecule has 0 radical (unpaired) electrons. The maximum Gasteiger partial charge on any atom is 0.338 e. The lowest BCUT2D eigenvalue weighted by molar-refractivity contribution is 0.0503. The van der Waals surface area contributed by atoms with Crippen LogP contribution in [0.2, 0.25) is 10.0 Å². The van der Waals surface area contributed by atoms with Gasteiger partial charge in [-0.1, -0.05) is 23.2 Å². The summed E-state index contributed by atoms with van der Waals surface area (Å²) >= 11 is 12.4. The zero-order chi connectivity index (χ0) is 22.3. The van der Waals surface area contributed by atoms with Crippen LogP contribution in [0, 0.1) is 5.82 Å². The summed E-state index contributed by atoms with van der Waals surface area (Å²) in [6, 6.07) is 9.14. The fourth-order valence-electron chi connectivity index (χ4n) is 4.72. The zero-order valence-corrected chi connectivity index (χ0v) is 19.3. The van der Waals surface area contributed by atoms with Crippen molar-refractivity contribution in [1.82, 2.24) is 9.80 Å². The summed E-state index contributed by atoms with van der Waals surface area (Å²) < 4.78 is 14.4. The first-order valence-electron chi connectivity index (χ1n) is 10.7. The fraction of sp³-hybridized carbons (Fsp3) is 0.458. The number of hydrogen-bond acceptors (Lipinski definition) is 3. The first kappa shape index (κ1) is 22.5. The first-order chi connectivity index (χ1) is 14.7. The van der Waals surface area contributed by atoms with Crippen molar-refractivity contribution in [1.29, 1.82) is 0 Å². The highest BCUT2D eigenvalue weighted by molar-refractivity contribution is 6.34. The van der Waals surface area contributed by atoms with Gasteiger partial charge < -0.3 is 5.11 Å². The summed E-state index contributed by atoms with van der Waals surface area (Å²) in [6.45, 7) is 7.59. The molecule has 0 unspecified atom stereocenters. The van der Waals surface area contributed by atoms with Gasteiger partial charge in [0, 0.05) is 48.3 Å². The topological polar surface area (TPSA) is 43.8 Å². The Morgan fingerprint density at radius 3 is 2.42 bits per heavy atom. The van der Waals surface area contributed by atoms with Crippen molar-refractivity contribution in [3.63, 3.8) is 0 Å². The number of nitrogens with zero attached hydrogens (tertiary/aromatic N) is 2. The third kappa shape index (κ3) is 5.06. The normalized spacial score (nSPS) is 21.3. The van der Waals surface area contributed by atoms with Gasteiger partial charge in [-0.2, -0.15) is 0 Å². The second-order valence-corrected chi connectivity index (χ2v) is 9.68. The minimum atomic E-state index is -1.21. The molecule has 0 bridgehead atoms. The second kappa shape index (κ2) is 9.07. The third-order valence-electron chi connectivity index (χ3n) is 6.50. The molecule has 0 aromatic heterocycles. The molecule has 2 aromatic rings. The first-order valence-corrected chi connectivity index (χ1v) is 11.5. The molecule has 4 nitrogen and oxygen atoms in total.